The van der Waals surface area contributed by atoms with Gasteiger partial charge >= 0.3 is 5.97 Å². The van der Waals surface area contributed by atoms with Crippen molar-refractivity contribution in [2.75, 3.05) is 27.9 Å². The first-order valence-corrected chi connectivity index (χ1v) is 4.93. The van der Waals surface area contributed by atoms with E-state index < -0.39 is 0 Å². The predicted octanol–water partition coefficient (Wildman–Crippen LogP) is 0.392. The molecule has 0 radical (unpaired) electrons. The van der Waals surface area contributed by atoms with Crippen LogP contribution in [-0.4, -0.2) is 46.2 Å². The lowest BCUT2D eigenvalue weighted by atomic mass is 10.0. The first-order chi connectivity index (χ1) is 7.06. The van der Waals surface area contributed by atoms with Crippen LogP contribution < -0.4 is 5.32 Å². The van der Waals surface area contributed by atoms with Gasteiger partial charge in [-0.1, -0.05) is 13.8 Å². The van der Waals surface area contributed by atoms with Crippen LogP contribution in [-0.2, 0) is 19.0 Å². The molecule has 0 aliphatic carbocycles. The zero-order chi connectivity index (χ0) is 11.8. The first-order valence-electron chi connectivity index (χ1n) is 4.93. The van der Waals surface area contributed by atoms with Gasteiger partial charge < -0.3 is 14.2 Å². The molecule has 0 saturated heterocycles. The van der Waals surface area contributed by atoms with Crippen LogP contribution in [0, 0.1) is 5.92 Å². The summed E-state index contributed by atoms with van der Waals surface area (Å²) in [6, 6.07) is -0.331. The SMILES string of the molecule is COC(=O)C(NCC(OC)OC)C(C)C. The summed E-state index contributed by atoms with van der Waals surface area (Å²) in [6.07, 6.45) is -0.351. The largest absolute Gasteiger partial charge is 0.468 e. The highest BCUT2D eigenvalue weighted by atomic mass is 16.7. The lowest BCUT2D eigenvalue weighted by Gasteiger charge is -2.22. The van der Waals surface area contributed by atoms with Crippen molar-refractivity contribution < 1.29 is 19.0 Å². The number of methoxy groups -OCH3 is 3. The van der Waals surface area contributed by atoms with Gasteiger partial charge in [-0.2, -0.15) is 0 Å². The van der Waals surface area contributed by atoms with Crippen molar-refractivity contribution in [1.82, 2.24) is 5.32 Å². The molecule has 1 unspecified atom stereocenters. The third-order valence-corrected chi connectivity index (χ3v) is 2.15. The third kappa shape index (κ3) is 5.11. The Hall–Kier alpha value is -0.650. The van der Waals surface area contributed by atoms with Gasteiger partial charge in [-0.15, -0.1) is 0 Å². The molecule has 1 atom stereocenters. The number of ether oxygens (including phenoxy) is 3. The minimum absolute atomic E-state index is 0.159. The standard InChI is InChI=1S/C10H21NO4/c1-7(2)9(10(12)15-5)11-6-8(13-3)14-4/h7-9,11H,6H2,1-5H3. The predicted molar refractivity (Wildman–Crippen MR) is 56.5 cm³/mol. The van der Waals surface area contributed by atoms with Crippen molar-refractivity contribution in [3.63, 3.8) is 0 Å². The van der Waals surface area contributed by atoms with Gasteiger partial charge in [-0.3, -0.25) is 10.1 Å². The molecule has 0 aliphatic heterocycles. The number of carbonyl (C=O) groups is 1. The van der Waals surface area contributed by atoms with E-state index in [1.807, 2.05) is 13.8 Å². The van der Waals surface area contributed by atoms with E-state index in [9.17, 15) is 4.79 Å². The van der Waals surface area contributed by atoms with Crippen LogP contribution in [0.2, 0.25) is 0 Å². The first kappa shape index (κ1) is 14.3. The highest BCUT2D eigenvalue weighted by molar-refractivity contribution is 5.75. The number of esters is 1. The topological polar surface area (TPSA) is 56.8 Å². The minimum Gasteiger partial charge on any atom is -0.468 e. The summed E-state index contributed by atoms with van der Waals surface area (Å²) >= 11 is 0. The number of nitrogens with one attached hydrogen (secondary N) is 1. The Morgan fingerprint density at radius 1 is 1.20 bits per heavy atom. The van der Waals surface area contributed by atoms with Gasteiger partial charge in [0.25, 0.3) is 0 Å². The van der Waals surface area contributed by atoms with Gasteiger partial charge in [0.1, 0.15) is 6.04 Å². The van der Waals surface area contributed by atoms with Crippen molar-refractivity contribution in [3.05, 3.63) is 0 Å². The summed E-state index contributed by atoms with van der Waals surface area (Å²) in [6.45, 7) is 4.34. The van der Waals surface area contributed by atoms with Crippen LogP contribution in [0.4, 0.5) is 0 Å². The monoisotopic (exact) mass is 219 g/mol. The third-order valence-electron chi connectivity index (χ3n) is 2.15. The Bertz CT molecular complexity index is 180. The molecule has 0 aromatic rings. The molecule has 0 fully saturated rings. The van der Waals surface area contributed by atoms with Crippen LogP contribution >= 0.6 is 0 Å². The van der Waals surface area contributed by atoms with Crippen LogP contribution in [0.3, 0.4) is 0 Å². The van der Waals surface area contributed by atoms with E-state index in [1.165, 1.54) is 7.11 Å². The van der Waals surface area contributed by atoms with Crippen LogP contribution in [0.1, 0.15) is 13.8 Å². The number of carbonyl (C=O) groups excluding carboxylic acids is 1. The lowest BCUT2D eigenvalue weighted by Crippen LogP contribution is -2.45. The normalized spacial score (nSPS) is 13.3. The quantitative estimate of drug-likeness (QED) is 0.496. The van der Waals surface area contributed by atoms with Crippen molar-refractivity contribution in [2.45, 2.75) is 26.2 Å². The zero-order valence-electron chi connectivity index (χ0n) is 10.1. The summed E-state index contributed by atoms with van der Waals surface area (Å²) in [5, 5.41) is 3.05. The fraction of sp³-hybridized carbons (Fsp3) is 0.900. The van der Waals surface area contributed by atoms with E-state index in [0.717, 1.165) is 0 Å². The molecule has 0 aromatic carbocycles. The van der Waals surface area contributed by atoms with Crippen molar-refractivity contribution >= 4 is 5.97 Å². The van der Waals surface area contributed by atoms with E-state index in [1.54, 1.807) is 14.2 Å². The second kappa shape index (κ2) is 7.62. The van der Waals surface area contributed by atoms with E-state index in [0.29, 0.717) is 6.54 Å². The Kier molecular flexibility index (Phi) is 7.29. The molecule has 0 aliphatic rings. The minimum atomic E-state index is -0.351. The molecule has 90 valence electrons. The van der Waals surface area contributed by atoms with E-state index in [2.05, 4.69) is 5.32 Å². The summed E-state index contributed by atoms with van der Waals surface area (Å²) in [4.78, 5) is 11.4. The second-order valence-electron chi connectivity index (χ2n) is 3.55. The molecule has 5 heteroatoms. The number of hydrogen-bond acceptors (Lipinski definition) is 5. The van der Waals surface area contributed by atoms with Gasteiger partial charge in [-0.05, 0) is 5.92 Å². The molecule has 0 heterocycles. The highest BCUT2D eigenvalue weighted by Crippen LogP contribution is 2.04. The number of hydrogen-bond donors (Lipinski definition) is 1. The Morgan fingerprint density at radius 2 is 1.73 bits per heavy atom. The van der Waals surface area contributed by atoms with Crippen LogP contribution in [0.25, 0.3) is 0 Å². The molecule has 0 amide bonds. The fourth-order valence-electron chi connectivity index (χ4n) is 1.20. The maximum absolute atomic E-state index is 11.4. The summed E-state index contributed by atoms with van der Waals surface area (Å²) in [7, 11) is 4.49. The molecular weight excluding hydrogens is 198 g/mol. The van der Waals surface area contributed by atoms with Crippen LogP contribution in [0.15, 0.2) is 0 Å². The highest BCUT2D eigenvalue weighted by Gasteiger charge is 2.23. The molecular formula is C10H21NO4. The van der Waals surface area contributed by atoms with Gasteiger partial charge in [0.2, 0.25) is 0 Å². The Balaban J connectivity index is 4.12. The fourth-order valence-corrected chi connectivity index (χ4v) is 1.20. The van der Waals surface area contributed by atoms with Crippen molar-refractivity contribution in [1.29, 1.82) is 0 Å². The Labute approximate surface area is 91.1 Å². The van der Waals surface area contributed by atoms with Crippen molar-refractivity contribution in [2.24, 2.45) is 5.92 Å². The van der Waals surface area contributed by atoms with E-state index in [4.69, 9.17) is 14.2 Å². The van der Waals surface area contributed by atoms with Gasteiger partial charge in [0.05, 0.1) is 7.11 Å². The van der Waals surface area contributed by atoms with Gasteiger partial charge in [0, 0.05) is 20.8 Å². The van der Waals surface area contributed by atoms with E-state index >= 15 is 0 Å². The molecule has 1 N–H and O–H groups in total. The number of rotatable bonds is 7. The smallest absolute Gasteiger partial charge is 0.323 e. The zero-order valence-corrected chi connectivity index (χ0v) is 10.1. The molecule has 0 saturated carbocycles. The van der Waals surface area contributed by atoms with E-state index in [-0.39, 0.29) is 24.2 Å². The lowest BCUT2D eigenvalue weighted by molar-refractivity contribution is -0.145. The van der Waals surface area contributed by atoms with Gasteiger partial charge in [-0.25, -0.2) is 0 Å². The van der Waals surface area contributed by atoms with Crippen molar-refractivity contribution in [3.8, 4) is 0 Å². The molecule has 0 aromatic heterocycles. The molecule has 5 nitrogen and oxygen atoms in total. The average molecular weight is 219 g/mol. The molecule has 0 rings (SSSR count). The average Bonchev–Trinajstić information content (AvgIpc) is 2.23. The maximum atomic E-state index is 11.4. The van der Waals surface area contributed by atoms with Gasteiger partial charge in [0.15, 0.2) is 6.29 Å². The molecule has 0 bridgehead atoms. The maximum Gasteiger partial charge on any atom is 0.323 e. The summed E-state index contributed by atoms with van der Waals surface area (Å²) in [5.41, 5.74) is 0. The second-order valence-corrected chi connectivity index (χ2v) is 3.55. The molecule has 15 heavy (non-hydrogen) atoms. The summed E-state index contributed by atoms with van der Waals surface area (Å²) < 4.78 is 14.7. The van der Waals surface area contributed by atoms with Crippen LogP contribution in [0.5, 0.6) is 0 Å². The summed E-state index contributed by atoms with van der Waals surface area (Å²) in [5.74, 6) is -0.109. The Morgan fingerprint density at radius 3 is 2.07 bits per heavy atom. The molecule has 0 spiro atoms.